The van der Waals surface area contributed by atoms with Crippen LogP contribution in [0.2, 0.25) is 5.02 Å². The normalized spacial score (nSPS) is 20.5. The van der Waals surface area contributed by atoms with Crippen molar-refractivity contribution in [3.8, 4) is 16.9 Å². The van der Waals surface area contributed by atoms with Gasteiger partial charge >= 0.3 is 6.09 Å². The van der Waals surface area contributed by atoms with Gasteiger partial charge in [0.2, 0.25) is 0 Å². The van der Waals surface area contributed by atoms with Crippen LogP contribution in [0.4, 0.5) is 4.79 Å². The molecule has 3 aromatic rings. The fourth-order valence-electron chi connectivity index (χ4n) is 5.01. The molecular weight excluding hydrogens is 486 g/mol. The number of nitrogens with zero attached hydrogens (tertiary/aromatic N) is 2. The lowest BCUT2D eigenvalue weighted by Crippen LogP contribution is -2.41. The Kier molecular flexibility index (Phi) is 6.65. The fraction of sp³-hybridized carbons (Fsp3) is 0.462. The fourth-order valence-corrected chi connectivity index (χ4v) is 6.22. The number of likely N-dealkylation sites (tertiary alicyclic amines) is 1. The van der Waals surface area contributed by atoms with Gasteiger partial charge in [-0.2, -0.15) is 0 Å². The molecule has 1 fully saturated rings. The maximum atomic E-state index is 12.3. The van der Waals surface area contributed by atoms with Crippen molar-refractivity contribution in [3.05, 3.63) is 45.9 Å². The molecule has 0 aliphatic carbocycles. The number of benzene rings is 1. The Morgan fingerprint density at radius 2 is 2.14 bits per heavy atom. The predicted molar refractivity (Wildman–Crippen MR) is 138 cm³/mol. The number of aromatic nitrogens is 1. The molecule has 4 heterocycles. The Morgan fingerprint density at radius 1 is 1.31 bits per heavy atom. The first-order valence-corrected chi connectivity index (χ1v) is 13.1. The molecule has 2 aromatic heterocycles. The molecule has 186 valence electrons. The largest absolute Gasteiger partial charge is 0.493 e. The monoisotopic (exact) mass is 515 g/mol. The summed E-state index contributed by atoms with van der Waals surface area (Å²) in [6, 6.07) is 8.00. The van der Waals surface area contributed by atoms with E-state index in [-0.39, 0.29) is 24.8 Å². The predicted octanol–water partition coefficient (Wildman–Crippen LogP) is 5.53. The highest BCUT2D eigenvalue weighted by Crippen LogP contribution is 2.47. The van der Waals surface area contributed by atoms with Gasteiger partial charge in [-0.3, -0.25) is 9.88 Å². The quantitative estimate of drug-likeness (QED) is 0.475. The lowest BCUT2D eigenvalue weighted by Gasteiger charge is -2.35. The summed E-state index contributed by atoms with van der Waals surface area (Å²) in [6.07, 6.45) is 3.13. The number of thiophene rings is 1. The molecule has 5 rings (SSSR count). The first-order chi connectivity index (χ1) is 16.7. The standard InChI is InChI=1S/C26H30ClN3O4S/c1-26(2,3)34-25(32)29-16-5-8-30(13-16)21-6-9-33-22-11-15(27)10-19(23(21)22)18-4-7-28-20-12-17(14-31)35-24(18)20/h4,7,10-12,16,21,31H,5-6,8-9,13-14H2,1-3H3,(H,29,32)/t16-,21?/m1/s1. The summed E-state index contributed by atoms with van der Waals surface area (Å²) in [5.41, 5.74) is 3.52. The molecule has 2 atom stereocenters. The number of nitrogens with one attached hydrogen (secondary N) is 1. The van der Waals surface area contributed by atoms with E-state index in [1.165, 1.54) is 0 Å². The van der Waals surface area contributed by atoms with E-state index >= 15 is 0 Å². The number of rotatable bonds is 4. The van der Waals surface area contributed by atoms with Gasteiger partial charge in [0.15, 0.2) is 0 Å². The van der Waals surface area contributed by atoms with E-state index in [2.05, 4.69) is 15.2 Å². The second kappa shape index (κ2) is 9.58. The molecule has 0 saturated carbocycles. The summed E-state index contributed by atoms with van der Waals surface area (Å²) in [5.74, 6) is 0.802. The second-order valence-corrected chi connectivity index (χ2v) is 11.7. The average Bonchev–Trinajstić information content (AvgIpc) is 3.43. The highest BCUT2D eigenvalue weighted by molar-refractivity contribution is 7.19. The van der Waals surface area contributed by atoms with Crippen LogP contribution in [-0.4, -0.2) is 52.4 Å². The minimum Gasteiger partial charge on any atom is -0.493 e. The number of aliphatic hydroxyl groups excluding tert-OH is 1. The molecular formula is C26H30ClN3O4S. The van der Waals surface area contributed by atoms with E-state index in [1.54, 1.807) is 17.5 Å². The van der Waals surface area contributed by atoms with Crippen LogP contribution in [0.15, 0.2) is 30.5 Å². The van der Waals surface area contributed by atoms with E-state index < -0.39 is 5.60 Å². The number of hydrogen-bond acceptors (Lipinski definition) is 7. The Morgan fingerprint density at radius 3 is 2.91 bits per heavy atom. The Hall–Kier alpha value is -2.39. The molecule has 1 saturated heterocycles. The van der Waals surface area contributed by atoms with E-state index in [1.807, 2.05) is 45.0 Å². The summed E-state index contributed by atoms with van der Waals surface area (Å²) in [4.78, 5) is 20.1. The van der Waals surface area contributed by atoms with Crippen molar-refractivity contribution in [1.29, 1.82) is 0 Å². The van der Waals surface area contributed by atoms with Crippen molar-refractivity contribution in [1.82, 2.24) is 15.2 Å². The summed E-state index contributed by atoms with van der Waals surface area (Å²) in [5, 5.41) is 13.3. The van der Waals surface area contributed by atoms with Gasteiger partial charge in [-0.05, 0) is 57.0 Å². The third kappa shape index (κ3) is 5.11. The van der Waals surface area contributed by atoms with Crippen molar-refractivity contribution in [2.45, 2.75) is 57.9 Å². The number of alkyl carbamates (subject to hydrolysis) is 1. The first kappa shape index (κ1) is 24.3. The van der Waals surface area contributed by atoms with Crippen molar-refractivity contribution < 1.29 is 19.4 Å². The van der Waals surface area contributed by atoms with Gasteiger partial charge in [0.1, 0.15) is 11.4 Å². The molecule has 9 heteroatoms. The van der Waals surface area contributed by atoms with Crippen molar-refractivity contribution in [2.24, 2.45) is 0 Å². The molecule has 2 aliphatic rings. The summed E-state index contributed by atoms with van der Waals surface area (Å²) >= 11 is 8.10. The molecule has 0 spiro atoms. The molecule has 0 bridgehead atoms. The number of pyridine rings is 1. The van der Waals surface area contributed by atoms with Gasteiger partial charge in [-0.15, -0.1) is 11.3 Å². The lowest BCUT2D eigenvalue weighted by molar-refractivity contribution is 0.0503. The number of amides is 1. The van der Waals surface area contributed by atoms with E-state index in [0.29, 0.717) is 11.6 Å². The number of fused-ring (bicyclic) bond motifs is 2. The highest BCUT2D eigenvalue weighted by Gasteiger charge is 2.36. The number of carbonyl (C=O) groups excluding carboxylic acids is 1. The van der Waals surface area contributed by atoms with Crippen LogP contribution in [0.5, 0.6) is 5.75 Å². The number of halogens is 1. The van der Waals surface area contributed by atoms with Gasteiger partial charge in [-0.25, -0.2) is 4.79 Å². The lowest BCUT2D eigenvalue weighted by atomic mass is 9.90. The molecule has 7 nitrogen and oxygen atoms in total. The zero-order chi connectivity index (χ0) is 24.7. The zero-order valence-corrected chi connectivity index (χ0v) is 21.7. The minimum atomic E-state index is -0.524. The molecule has 2 aliphatic heterocycles. The number of carbonyl (C=O) groups is 1. The Labute approximate surface area is 214 Å². The van der Waals surface area contributed by atoms with Gasteiger partial charge in [-0.1, -0.05) is 11.6 Å². The van der Waals surface area contributed by atoms with Gasteiger partial charge in [0.25, 0.3) is 0 Å². The number of ether oxygens (including phenoxy) is 2. The third-order valence-electron chi connectivity index (χ3n) is 6.38. The van der Waals surface area contributed by atoms with Crippen molar-refractivity contribution in [2.75, 3.05) is 19.7 Å². The summed E-state index contributed by atoms with van der Waals surface area (Å²) in [6.45, 7) is 7.80. The van der Waals surface area contributed by atoms with Crippen LogP contribution < -0.4 is 10.1 Å². The van der Waals surface area contributed by atoms with E-state index in [9.17, 15) is 9.90 Å². The van der Waals surface area contributed by atoms with Crippen molar-refractivity contribution in [3.63, 3.8) is 0 Å². The molecule has 0 radical (unpaired) electrons. The number of hydrogen-bond donors (Lipinski definition) is 2. The van der Waals surface area contributed by atoms with Crippen LogP contribution >= 0.6 is 22.9 Å². The maximum absolute atomic E-state index is 12.3. The molecule has 1 amide bonds. The summed E-state index contributed by atoms with van der Waals surface area (Å²) < 4.78 is 12.6. The second-order valence-electron chi connectivity index (χ2n) is 10.1. The van der Waals surface area contributed by atoms with Gasteiger partial charge in [0.05, 0.1) is 23.4 Å². The third-order valence-corrected chi connectivity index (χ3v) is 7.74. The van der Waals surface area contributed by atoms with Crippen LogP contribution in [0.1, 0.15) is 50.1 Å². The highest BCUT2D eigenvalue weighted by atomic mass is 35.5. The van der Waals surface area contributed by atoms with Gasteiger partial charge in [0, 0.05) is 58.8 Å². The maximum Gasteiger partial charge on any atom is 0.407 e. The van der Waals surface area contributed by atoms with Crippen LogP contribution in [0, 0.1) is 0 Å². The molecule has 2 N–H and O–H groups in total. The SMILES string of the molecule is CC(C)(C)OC(=O)N[C@@H]1CCN(C2CCOc3cc(Cl)cc(-c4ccnc5cc(CO)sc45)c32)C1. The number of aliphatic hydroxyl groups is 1. The smallest absolute Gasteiger partial charge is 0.407 e. The van der Waals surface area contributed by atoms with Gasteiger partial charge < -0.3 is 19.9 Å². The molecule has 35 heavy (non-hydrogen) atoms. The Balaban J connectivity index is 1.47. The molecule has 1 aromatic carbocycles. The zero-order valence-electron chi connectivity index (χ0n) is 20.1. The Bertz CT molecular complexity index is 1260. The topological polar surface area (TPSA) is 83.9 Å². The minimum absolute atomic E-state index is 0.0142. The van der Waals surface area contributed by atoms with E-state index in [4.69, 9.17) is 21.1 Å². The van der Waals surface area contributed by atoms with Crippen LogP contribution in [0.25, 0.3) is 21.3 Å². The van der Waals surface area contributed by atoms with E-state index in [0.717, 1.165) is 63.5 Å². The van der Waals surface area contributed by atoms with Crippen molar-refractivity contribution >= 4 is 39.2 Å². The first-order valence-electron chi connectivity index (χ1n) is 11.9. The average molecular weight is 516 g/mol. The van der Waals surface area contributed by atoms with Crippen LogP contribution in [0.3, 0.4) is 0 Å². The summed E-state index contributed by atoms with van der Waals surface area (Å²) in [7, 11) is 0. The molecule has 1 unspecified atom stereocenters. The van der Waals surface area contributed by atoms with Crippen LogP contribution in [-0.2, 0) is 11.3 Å².